The molecule has 3 heteroatoms. The predicted molar refractivity (Wildman–Crippen MR) is 82.5 cm³/mol. The van der Waals surface area contributed by atoms with E-state index in [1.165, 1.54) is 11.1 Å². The molecule has 2 unspecified atom stereocenters. The molecule has 0 aromatic heterocycles. The van der Waals surface area contributed by atoms with E-state index in [-0.39, 0.29) is 5.54 Å². The monoisotopic (exact) mass is 275 g/mol. The van der Waals surface area contributed by atoms with Gasteiger partial charge in [0.05, 0.1) is 0 Å². The summed E-state index contributed by atoms with van der Waals surface area (Å²) < 4.78 is 0. The van der Waals surface area contributed by atoms with Crippen LogP contribution in [0.25, 0.3) is 0 Å². The fourth-order valence-electron chi connectivity index (χ4n) is 3.71. The lowest BCUT2D eigenvalue weighted by Gasteiger charge is -2.50. The summed E-state index contributed by atoms with van der Waals surface area (Å²) in [5.41, 5.74) is 3.44. The SMILES string of the molecule is CCC(C(=O)O)N1c2c(C)cccc2C(C)CC1(C)C. The van der Waals surface area contributed by atoms with E-state index in [0.29, 0.717) is 12.3 Å². The molecule has 0 amide bonds. The number of aryl methyl sites for hydroxylation is 1. The first-order chi connectivity index (χ1) is 9.29. The second kappa shape index (κ2) is 5.12. The number of nitrogens with zero attached hydrogens (tertiary/aromatic N) is 1. The summed E-state index contributed by atoms with van der Waals surface area (Å²) >= 11 is 0. The van der Waals surface area contributed by atoms with Crippen LogP contribution in [0.15, 0.2) is 18.2 Å². The average Bonchev–Trinajstić information content (AvgIpc) is 2.33. The minimum absolute atomic E-state index is 0.141. The van der Waals surface area contributed by atoms with E-state index >= 15 is 0 Å². The third-order valence-electron chi connectivity index (χ3n) is 4.48. The zero-order chi connectivity index (χ0) is 15.1. The maximum absolute atomic E-state index is 11.7. The van der Waals surface area contributed by atoms with Gasteiger partial charge in [0.25, 0.3) is 0 Å². The van der Waals surface area contributed by atoms with Crippen LogP contribution in [0.1, 0.15) is 57.6 Å². The van der Waals surface area contributed by atoms with E-state index in [0.717, 1.165) is 12.1 Å². The zero-order valence-electron chi connectivity index (χ0n) is 13.1. The quantitative estimate of drug-likeness (QED) is 0.908. The lowest BCUT2D eigenvalue weighted by atomic mass is 9.78. The molecule has 1 heterocycles. The van der Waals surface area contributed by atoms with E-state index in [1.54, 1.807) is 0 Å². The van der Waals surface area contributed by atoms with Gasteiger partial charge in [0.1, 0.15) is 6.04 Å². The number of anilines is 1. The molecule has 1 aromatic rings. The molecule has 0 bridgehead atoms. The smallest absolute Gasteiger partial charge is 0.326 e. The van der Waals surface area contributed by atoms with Crippen molar-refractivity contribution in [2.24, 2.45) is 0 Å². The Kier molecular flexibility index (Phi) is 3.81. The van der Waals surface area contributed by atoms with Crippen molar-refractivity contribution in [3.8, 4) is 0 Å². The lowest BCUT2D eigenvalue weighted by Crippen LogP contribution is -2.56. The van der Waals surface area contributed by atoms with Crippen LogP contribution < -0.4 is 4.90 Å². The topological polar surface area (TPSA) is 40.5 Å². The Morgan fingerprint density at radius 1 is 1.50 bits per heavy atom. The summed E-state index contributed by atoms with van der Waals surface area (Å²) in [6.45, 7) is 10.6. The van der Waals surface area contributed by atoms with Crippen molar-refractivity contribution >= 4 is 11.7 Å². The van der Waals surface area contributed by atoms with Gasteiger partial charge < -0.3 is 10.0 Å². The molecule has 1 aromatic carbocycles. The van der Waals surface area contributed by atoms with Gasteiger partial charge in [-0.15, -0.1) is 0 Å². The summed E-state index contributed by atoms with van der Waals surface area (Å²) in [6.07, 6.45) is 1.59. The molecule has 1 aliphatic rings. The summed E-state index contributed by atoms with van der Waals surface area (Å²) in [5, 5.41) is 9.60. The molecular weight excluding hydrogens is 250 g/mol. The van der Waals surface area contributed by atoms with Gasteiger partial charge in [-0.05, 0) is 50.7 Å². The van der Waals surface area contributed by atoms with Crippen molar-refractivity contribution in [2.45, 2.75) is 65.0 Å². The van der Waals surface area contributed by atoms with Gasteiger partial charge in [-0.25, -0.2) is 4.79 Å². The van der Waals surface area contributed by atoms with Crippen molar-refractivity contribution in [3.05, 3.63) is 29.3 Å². The average molecular weight is 275 g/mol. The number of carbonyl (C=O) groups is 1. The van der Waals surface area contributed by atoms with Gasteiger partial charge in [0, 0.05) is 11.2 Å². The van der Waals surface area contributed by atoms with Crippen LogP contribution in [0.3, 0.4) is 0 Å². The van der Waals surface area contributed by atoms with Gasteiger partial charge in [-0.2, -0.15) is 0 Å². The highest BCUT2D eigenvalue weighted by atomic mass is 16.4. The van der Waals surface area contributed by atoms with E-state index in [9.17, 15) is 9.90 Å². The minimum Gasteiger partial charge on any atom is -0.480 e. The second-order valence-electron chi connectivity index (χ2n) is 6.56. The van der Waals surface area contributed by atoms with Crippen LogP contribution in [-0.4, -0.2) is 22.7 Å². The maximum Gasteiger partial charge on any atom is 0.326 e. The summed E-state index contributed by atoms with van der Waals surface area (Å²) in [5.74, 6) is -0.271. The molecule has 0 saturated heterocycles. The highest BCUT2D eigenvalue weighted by Gasteiger charge is 2.42. The van der Waals surface area contributed by atoms with Crippen molar-refractivity contribution in [2.75, 3.05) is 4.90 Å². The first-order valence-electron chi connectivity index (χ1n) is 7.41. The second-order valence-corrected chi connectivity index (χ2v) is 6.56. The standard InChI is InChI=1S/C17H25NO2/c1-6-14(16(19)20)18-15-11(2)8-7-9-13(15)12(3)10-17(18,4)5/h7-9,12,14H,6,10H2,1-5H3,(H,19,20). The Morgan fingerprint density at radius 2 is 2.15 bits per heavy atom. The van der Waals surface area contributed by atoms with Crippen LogP contribution in [0.4, 0.5) is 5.69 Å². The molecule has 110 valence electrons. The predicted octanol–water partition coefficient (Wildman–Crippen LogP) is 3.95. The first kappa shape index (κ1) is 14.9. The van der Waals surface area contributed by atoms with Crippen LogP contribution in [-0.2, 0) is 4.79 Å². The number of hydrogen-bond donors (Lipinski definition) is 1. The molecule has 2 rings (SSSR count). The largest absolute Gasteiger partial charge is 0.480 e. The number of hydrogen-bond acceptors (Lipinski definition) is 2. The van der Waals surface area contributed by atoms with Crippen LogP contribution >= 0.6 is 0 Å². The Bertz CT molecular complexity index is 522. The number of rotatable bonds is 3. The highest BCUT2D eigenvalue weighted by Crippen LogP contribution is 2.46. The molecule has 0 aliphatic carbocycles. The summed E-state index contributed by atoms with van der Waals surface area (Å²) in [4.78, 5) is 13.8. The van der Waals surface area contributed by atoms with Gasteiger partial charge in [0.2, 0.25) is 0 Å². The molecule has 3 nitrogen and oxygen atoms in total. The molecule has 1 N–H and O–H groups in total. The van der Waals surface area contributed by atoms with Crippen LogP contribution in [0, 0.1) is 6.92 Å². The normalized spacial score (nSPS) is 22.2. The molecular formula is C17H25NO2. The van der Waals surface area contributed by atoms with Crippen LogP contribution in [0.2, 0.25) is 0 Å². The van der Waals surface area contributed by atoms with Gasteiger partial charge in [-0.3, -0.25) is 0 Å². The molecule has 0 radical (unpaired) electrons. The fourth-order valence-corrected chi connectivity index (χ4v) is 3.71. The third kappa shape index (κ3) is 2.30. The molecule has 2 atom stereocenters. The number of aliphatic carboxylic acids is 1. The Hall–Kier alpha value is -1.51. The first-order valence-corrected chi connectivity index (χ1v) is 7.41. The van der Waals surface area contributed by atoms with Crippen molar-refractivity contribution in [1.29, 1.82) is 0 Å². The number of benzene rings is 1. The fraction of sp³-hybridized carbons (Fsp3) is 0.588. The third-order valence-corrected chi connectivity index (χ3v) is 4.48. The molecule has 1 aliphatic heterocycles. The van der Waals surface area contributed by atoms with Gasteiger partial charge >= 0.3 is 5.97 Å². The van der Waals surface area contributed by atoms with Crippen molar-refractivity contribution < 1.29 is 9.90 Å². The molecule has 0 spiro atoms. The van der Waals surface area contributed by atoms with Gasteiger partial charge in [0.15, 0.2) is 0 Å². The Balaban J connectivity index is 2.65. The van der Waals surface area contributed by atoms with E-state index < -0.39 is 12.0 Å². The van der Waals surface area contributed by atoms with E-state index in [2.05, 4.69) is 50.8 Å². The van der Waals surface area contributed by atoms with E-state index in [1.807, 2.05) is 6.92 Å². The van der Waals surface area contributed by atoms with Crippen LogP contribution in [0.5, 0.6) is 0 Å². The van der Waals surface area contributed by atoms with Crippen molar-refractivity contribution in [3.63, 3.8) is 0 Å². The maximum atomic E-state index is 11.7. The number of para-hydroxylation sites is 1. The molecule has 0 fully saturated rings. The van der Waals surface area contributed by atoms with Crippen molar-refractivity contribution in [1.82, 2.24) is 0 Å². The number of carboxylic acid groups (broad SMARTS) is 1. The lowest BCUT2D eigenvalue weighted by molar-refractivity contribution is -0.139. The molecule has 0 saturated carbocycles. The Labute approximate surface area is 121 Å². The zero-order valence-corrected chi connectivity index (χ0v) is 13.1. The number of carboxylic acids is 1. The molecule has 20 heavy (non-hydrogen) atoms. The number of fused-ring (bicyclic) bond motifs is 1. The van der Waals surface area contributed by atoms with E-state index in [4.69, 9.17) is 0 Å². The Morgan fingerprint density at radius 3 is 2.70 bits per heavy atom. The summed E-state index contributed by atoms with van der Waals surface area (Å²) in [6, 6.07) is 5.83. The van der Waals surface area contributed by atoms with Gasteiger partial charge in [-0.1, -0.05) is 32.0 Å². The highest BCUT2D eigenvalue weighted by molar-refractivity contribution is 5.81. The summed E-state index contributed by atoms with van der Waals surface area (Å²) in [7, 11) is 0. The minimum atomic E-state index is -0.732.